The van der Waals surface area contributed by atoms with Crippen LogP contribution in [0.15, 0.2) is 0 Å². The van der Waals surface area contributed by atoms with Gasteiger partial charge >= 0.3 is 0 Å². The van der Waals surface area contributed by atoms with Crippen LogP contribution in [0.5, 0.6) is 0 Å². The molecule has 0 radical (unpaired) electrons. The standard InChI is InChI=1S/C20H36O4/c1-3-17(19-13-21-9-11-23-19)15-5-7-16(8-6-15)18(4-2)20-14-22-10-12-24-20/h15-20H,3-14H2,1-2H3. The Morgan fingerprint density at radius 3 is 1.38 bits per heavy atom. The highest BCUT2D eigenvalue weighted by molar-refractivity contribution is 4.87. The maximum absolute atomic E-state index is 6.01. The topological polar surface area (TPSA) is 36.9 Å². The van der Waals surface area contributed by atoms with E-state index in [4.69, 9.17) is 18.9 Å². The van der Waals surface area contributed by atoms with Crippen molar-refractivity contribution >= 4 is 0 Å². The minimum atomic E-state index is 0.322. The van der Waals surface area contributed by atoms with Crippen LogP contribution in [0.25, 0.3) is 0 Å². The molecule has 2 heterocycles. The SMILES string of the molecule is CCC(C1CCC(C(CC)C2COCCO2)CC1)C1COCCO1. The zero-order valence-corrected chi connectivity index (χ0v) is 15.6. The van der Waals surface area contributed by atoms with E-state index in [1.54, 1.807) is 0 Å². The zero-order chi connectivity index (χ0) is 16.8. The van der Waals surface area contributed by atoms with E-state index in [0.29, 0.717) is 24.0 Å². The van der Waals surface area contributed by atoms with Crippen LogP contribution in [-0.4, -0.2) is 51.8 Å². The molecular formula is C20H36O4. The lowest BCUT2D eigenvalue weighted by atomic mass is 9.68. The van der Waals surface area contributed by atoms with Gasteiger partial charge in [0.1, 0.15) is 0 Å². The quantitative estimate of drug-likeness (QED) is 0.739. The lowest BCUT2D eigenvalue weighted by Gasteiger charge is -2.42. The molecule has 4 heteroatoms. The molecule has 4 atom stereocenters. The molecule has 140 valence electrons. The molecule has 3 rings (SSSR count). The van der Waals surface area contributed by atoms with Gasteiger partial charge in [-0.1, -0.05) is 26.7 Å². The van der Waals surface area contributed by atoms with E-state index < -0.39 is 0 Å². The van der Waals surface area contributed by atoms with Crippen molar-refractivity contribution in [1.29, 1.82) is 0 Å². The monoisotopic (exact) mass is 340 g/mol. The highest BCUT2D eigenvalue weighted by Crippen LogP contribution is 2.42. The first-order valence-corrected chi connectivity index (χ1v) is 10.2. The van der Waals surface area contributed by atoms with E-state index in [2.05, 4.69) is 13.8 Å². The molecule has 0 aromatic rings. The number of hydrogen-bond acceptors (Lipinski definition) is 4. The van der Waals surface area contributed by atoms with Crippen LogP contribution < -0.4 is 0 Å². The number of ether oxygens (including phenoxy) is 4. The van der Waals surface area contributed by atoms with Gasteiger partial charge in [-0.25, -0.2) is 0 Å². The van der Waals surface area contributed by atoms with Crippen molar-refractivity contribution in [3.63, 3.8) is 0 Å². The van der Waals surface area contributed by atoms with Crippen LogP contribution in [0, 0.1) is 23.7 Å². The Hall–Kier alpha value is -0.160. The van der Waals surface area contributed by atoms with E-state index in [0.717, 1.165) is 51.5 Å². The maximum atomic E-state index is 6.01. The molecule has 0 N–H and O–H groups in total. The van der Waals surface area contributed by atoms with Crippen molar-refractivity contribution in [3.8, 4) is 0 Å². The zero-order valence-electron chi connectivity index (χ0n) is 15.6. The normalized spacial score (nSPS) is 37.8. The Balaban J connectivity index is 1.51. The summed E-state index contributed by atoms with van der Waals surface area (Å²) in [5.41, 5.74) is 0. The van der Waals surface area contributed by atoms with Gasteiger partial charge in [-0.05, 0) is 49.4 Å². The van der Waals surface area contributed by atoms with Crippen LogP contribution in [-0.2, 0) is 18.9 Å². The minimum Gasteiger partial charge on any atom is -0.376 e. The van der Waals surface area contributed by atoms with Crippen molar-refractivity contribution in [3.05, 3.63) is 0 Å². The van der Waals surface area contributed by atoms with Crippen LogP contribution in [0.2, 0.25) is 0 Å². The summed E-state index contributed by atoms with van der Waals surface area (Å²) in [6.45, 7) is 9.30. The highest BCUT2D eigenvalue weighted by atomic mass is 16.6. The van der Waals surface area contributed by atoms with Crippen molar-refractivity contribution in [1.82, 2.24) is 0 Å². The van der Waals surface area contributed by atoms with Gasteiger partial charge in [0.05, 0.1) is 51.8 Å². The van der Waals surface area contributed by atoms with E-state index in [-0.39, 0.29) is 0 Å². The summed E-state index contributed by atoms with van der Waals surface area (Å²) in [4.78, 5) is 0. The fourth-order valence-electron chi connectivity index (χ4n) is 5.31. The Morgan fingerprint density at radius 1 is 0.667 bits per heavy atom. The summed E-state index contributed by atoms with van der Waals surface area (Å²) in [5.74, 6) is 2.94. The van der Waals surface area contributed by atoms with Crippen LogP contribution in [0.3, 0.4) is 0 Å². The van der Waals surface area contributed by atoms with Gasteiger partial charge in [-0.3, -0.25) is 0 Å². The summed E-state index contributed by atoms with van der Waals surface area (Å²) >= 11 is 0. The highest BCUT2D eigenvalue weighted by Gasteiger charge is 2.37. The molecule has 0 bridgehead atoms. The summed E-state index contributed by atoms with van der Waals surface area (Å²) in [6.07, 6.45) is 8.42. The van der Waals surface area contributed by atoms with Crippen molar-refractivity contribution in [2.75, 3.05) is 39.6 Å². The smallest absolute Gasteiger partial charge is 0.0840 e. The third-order valence-corrected chi connectivity index (χ3v) is 6.61. The second-order valence-electron chi connectivity index (χ2n) is 7.79. The van der Waals surface area contributed by atoms with Crippen molar-refractivity contribution in [2.45, 2.75) is 64.6 Å². The second-order valence-corrected chi connectivity index (χ2v) is 7.79. The molecule has 0 aromatic carbocycles. The predicted molar refractivity (Wildman–Crippen MR) is 94.1 cm³/mol. The van der Waals surface area contributed by atoms with Gasteiger partial charge < -0.3 is 18.9 Å². The van der Waals surface area contributed by atoms with Gasteiger partial charge in [0.25, 0.3) is 0 Å². The van der Waals surface area contributed by atoms with E-state index in [9.17, 15) is 0 Å². The Labute approximate surface area is 147 Å². The molecule has 2 saturated heterocycles. The summed E-state index contributed by atoms with van der Waals surface area (Å²) in [5, 5.41) is 0. The second kappa shape index (κ2) is 9.51. The molecule has 0 aromatic heterocycles. The van der Waals surface area contributed by atoms with E-state index in [1.165, 1.54) is 38.5 Å². The molecule has 2 aliphatic heterocycles. The maximum Gasteiger partial charge on any atom is 0.0840 e. The summed E-state index contributed by atoms with van der Waals surface area (Å²) < 4.78 is 23.3. The van der Waals surface area contributed by atoms with E-state index >= 15 is 0 Å². The lowest BCUT2D eigenvalue weighted by molar-refractivity contribution is -0.132. The third-order valence-electron chi connectivity index (χ3n) is 6.61. The molecule has 4 nitrogen and oxygen atoms in total. The third kappa shape index (κ3) is 4.51. The van der Waals surface area contributed by atoms with Gasteiger partial charge in [0.2, 0.25) is 0 Å². The molecule has 1 aliphatic carbocycles. The minimum absolute atomic E-state index is 0.322. The Kier molecular flexibility index (Phi) is 7.38. The average Bonchev–Trinajstić information content (AvgIpc) is 2.66. The van der Waals surface area contributed by atoms with Gasteiger partial charge in [0, 0.05) is 0 Å². The van der Waals surface area contributed by atoms with Gasteiger partial charge in [-0.2, -0.15) is 0 Å². The van der Waals surface area contributed by atoms with Crippen molar-refractivity contribution < 1.29 is 18.9 Å². The van der Waals surface area contributed by atoms with Crippen LogP contribution in [0.4, 0.5) is 0 Å². The molecule has 24 heavy (non-hydrogen) atoms. The van der Waals surface area contributed by atoms with Gasteiger partial charge in [0.15, 0.2) is 0 Å². The molecule has 3 fully saturated rings. The molecule has 0 amide bonds. The lowest BCUT2D eigenvalue weighted by Crippen LogP contribution is -2.42. The Morgan fingerprint density at radius 2 is 1.08 bits per heavy atom. The fourth-order valence-corrected chi connectivity index (χ4v) is 5.31. The molecule has 0 spiro atoms. The molecular weight excluding hydrogens is 304 g/mol. The first-order valence-electron chi connectivity index (χ1n) is 10.2. The van der Waals surface area contributed by atoms with E-state index in [1.807, 2.05) is 0 Å². The van der Waals surface area contributed by atoms with Crippen LogP contribution >= 0.6 is 0 Å². The Bertz CT molecular complexity index is 308. The molecule has 3 aliphatic rings. The average molecular weight is 341 g/mol. The largest absolute Gasteiger partial charge is 0.376 e. The van der Waals surface area contributed by atoms with Gasteiger partial charge in [-0.15, -0.1) is 0 Å². The first kappa shape index (κ1) is 18.6. The first-order chi connectivity index (χ1) is 11.8. The van der Waals surface area contributed by atoms with Crippen molar-refractivity contribution in [2.24, 2.45) is 23.7 Å². The predicted octanol–water partition coefficient (Wildman–Crippen LogP) is 3.68. The summed E-state index contributed by atoms with van der Waals surface area (Å²) in [7, 11) is 0. The fraction of sp³-hybridized carbons (Fsp3) is 1.00. The number of rotatable bonds is 6. The molecule has 4 unspecified atom stereocenters. The summed E-state index contributed by atoms with van der Waals surface area (Å²) in [6, 6.07) is 0. The van der Waals surface area contributed by atoms with Crippen LogP contribution in [0.1, 0.15) is 52.4 Å². The molecule has 1 saturated carbocycles. The number of hydrogen-bond donors (Lipinski definition) is 0.